The molecule has 0 radical (unpaired) electrons. The van der Waals surface area contributed by atoms with E-state index in [0.29, 0.717) is 39.7 Å². The van der Waals surface area contributed by atoms with E-state index in [0.717, 1.165) is 0 Å². The third-order valence-electron chi connectivity index (χ3n) is 4.98. The Morgan fingerprint density at radius 1 is 0.781 bits per heavy atom. The normalized spacial score (nSPS) is 11.7. The number of carbonyl (C=O) groups is 2. The van der Waals surface area contributed by atoms with Gasteiger partial charge in [0, 0.05) is 0 Å². The summed E-state index contributed by atoms with van der Waals surface area (Å²) in [7, 11) is 2.98. The van der Waals surface area contributed by atoms with Crippen molar-refractivity contribution in [3.63, 3.8) is 0 Å². The number of fused-ring (bicyclic) bond motifs is 1. The number of hydrogen-bond donors (Lipinski definition) is 2. The number of para-hydroxylation sites is 2. The molecule has 0 saturated heterocycles. The maximum atomic E-state index is 13.1. The van der Waals surface area contributed by atoms with Crippen LogP contribution in [-0.4, -0.2) is 32.8 Å². The molecule has 32 heavy (non-hydrogen) atoms. The van der Waals surface area contributed by atoms with Crippen molar-refractivity contribution in [2.24, 2.45) is 0 Å². The van der Waals surface area contributed by atoms with Gasteiger partial charge in [-0.05, 0) is 42.0 Å². The van der Waals surface area contributed by atoms with Gasteiger partial charge in [0.1, 0.15) is 17.7 Å². The second-order valence-electron chi connectivity index (χ2n) is 6.89. The van der Waals surface area contributed by atoms with Crippen LogP contribution in [0.25, 0.3) is 0 Å². The monoisotopic (exact) mass is 434 g/mol. The van der Waals surface area contributed by atoms with Crippen LogP contribution in [0, 0.1) is 0 Å². The van der Waals surface area contributed by atoms with Crippen molar-refractivity contribution >= 4 is 11.8 Å². The van der Waals surface area contributed by atoms with Gasteiger partial charge in [-0.25, -0.2) is 0 Å². The predicted octanol–water partition coefficient (Wildman–Crippen LogP) is 3.29. The van der Waals surface area contributed by atoms with Crippen LogP contribution in [0.3, 0.4) is 0 Å². The molecule has 0 spiro atoms. The molecule has 164 valence electrons. The van der Waals surface area contributed by atoms with Crippen molar-refractivity contribution < 1.29 is 28.5 Å². The highest BCUT2D eigenvalue weighted by Gasteiger charge is 2.24. The second-order valence-corrected chi connectivity index (χ2v) is 6.89. The van der Waals surface area contributed by atoms with Crippen molar-refractivity contribution in [1.29, 1.82) is 0 Å². The van der Waals surface area contributed by atoms with Crippen molar-refractivity contribution in [3.8, 4) is 23.0 Å². The highest BCUT2D eigenvalue weighted by atomic mass is 16.7. The fraction of sp³-hybridized carbons (Fsp3) is 0.167. The third kappa shape index (κ3) is 4.29. The number of benzene rings is 3. The first kappa shape index (κ1) is 21.0. The summed E-state index contributed by atoms with van der Waals surface area (Å²) in [5.41, 5.74) is 1.29. The molecule has 0 unspecified atom stereocenters. The molecule has 0 bridgehead atoms. The van der Waals surface area contributed by atoms with E-state index in [1.807, 2.05) is 0 Å². The summed E-state index contributed by atoms with van der Waals surface area (Å²) in [5, 5.41) is 5.73. The summed E-state index contributed by atoms with van der Waals surface area (Å²) in [4.78, 5) is 26.1. The number of nitrogens with one attached hydrogen (secondary N) is 2. The van der Waals surface area contributed by atoms with Gasteiger partial charge < -0.3 is 29.6 Å². The highest BCUT2D eigenvalue weighted by molar-refractivity contribution is 5.99. The highest BCUT2D eigenvalue weighted by Crippen LogP contribution is 2.34. The Hall–Kier alpha value is -4.20. The lowest BCUT2D eigenvalue weighted by Gasteiger charge is -2.22. The molecular formula is C24H22N2O6. The van der Waals surface area contributed by atoms with Crippen LogP contribution in [0.15, 0.2) is 66.7 Å². The molecule has 8 heteroatoms. The Labute approximate surface area is 185 Å². The average Bonchev–Trinajstić information content (AvgIpc) is 3.31. The first-order valence-electron chi connectivity index (χ1n) is 9.88. The molecule has 8 nitrogen and oxygen atoms in total. The predicted molar refractivity (Wildman–Crippen MR) is 116 cm³/mol. The lowest BCUT2D eigenvalue weighted by atomic mass is 10.1. The lowest BCUT2D eigenvalue weighted by Crippen LogP contribution is -2.41. The van der Waals surface area contributed by atoms with Gasteiger partial charge in [-0.3, -0.25) is 9.59 Å². The fourth-order valence-electron chi connectivity index (χ4n) is 3.38. The molecule has 2 N–H and O–H groups in total. The van der Waals surface area contributed by atoms with Crippen molar-refractivity contribution in [1.82, 2.24) is 10.6 Å². The van der Waals surface area contributed by atoms with Crippen LogP contribution < -0.4 is 29.6 Å². The molecule has 2 amide bonds. The van der Waals surface area contributed by atoms with Crippen molar-refractivity contribution in [3.05, 3.63) is 83.4 Å². The number of rotatable bonds is 7. The number of carbonyl (C=O) groups excluding carboxylic acids is 2. The van der Waals surface area contributed by atoms with Gasteiger partial charge in [0.05, 0.1) is 25.3 Å². The Balaban J connectivity index is 1.65. The number of ether oxygens (including phenoxy) is 4. The standard InChI is InChI=1S/C24H22N2O6/c1-29-18-9-5-3-7-16(18)23(27)25-22(15-11-12-20-21(13-15)32-14-31-20)26-24(28)17-8-4-6-10-19(17)30-2/h3-13,22H,14H2,1-2H3,(H,25,27)(H,26,28). The quantitative estimate of drug-likeness (QED) is 0.554. The van der Waals surface area contributed by atoms with Gasteiger partial charge in [-0.1, -0.05) is 30.3 Å². The Bertz CT molecular complexity index is 1090. The topological polar surface area (TPSA) is 95.1 Å². The Morgan fingerprint density at radius 2 is 1.31 bits per heavy atom. The van der Waals surface area contributed by atoms with Crippen LogP contribution in [0.5, 0.6) is 23.0 Å². The van der Waals surface area contributed by atoms with E-state index in [1.165, 1.54) is 14.2 Å². The molecule has 0 fully saturated rings. The zero-order valence-electron chi connectivity index (χ0n) is 17.6. The zero-order chi connectivity index (χ0) is 22.5. The molecular weight excluding hydrogens is 412 g/mol. The van der Waals surface area contributed by atoms with E-state index in [2.05, 4.69) is 10.6 Å². The SMILES string of the molecule is COc1ccccc1C(=O)NC(NC(=O)c1ccccc1OC)c1ccc2c(c1)OCO2. The molecule has 1 aliphatic rings. The molecule has 0 saturated carbocycles. The smallest absolute Gasteiger partial charge is 0.256 e. The minimum Gasteiger partial charge on any atom is -0.496 e. The number of methoxy groups -OCH3 is 2. The van der Waals surface area contributed by atoms with Crippen LogP contribution in [-0.2, 0) is 0 Å². The van der Waals surface area contributed by atoms with E-state index < -0.39 is 18.0 Å². The van der Waals surface area contributed by atoms with Gasteiger partial charge in [0.15, 0.2) is 11.5 Å². The van der Waals surface area contributed by atoms with Crippen LogP contribution in [0.2, 0.25) is 0 Å². The van der Waals surface area contributed by atoms with E-state index in [9.17, 15) is 9.59 Å². The minimum absolute atomic E-state index is 0.116. The molecule has 3 aromatic carbocycles. The summed E-state index contributed by atoms with van der Waals surface area (Å²) in [6.07, 6.45) is -0.862. The first-order chi connectivity index (χ1) is 15.6. The van der Waals surface area contributed by atoms with Gasteiger partial charge in [0.25, 0.3) is 11.8 Å². The molecule has 0 atom stereocenters. The summed E-state index contributed by atoms with van der Waals surface area (Å²) in [5.74, 6) is 1.15. The van der Waals surface area contributed by atoms with E-state index in [1.54, 1.807) is 66.7 Å². The average molecular weight is 434 g/mol. The molecule has 0 aromatic heterocycles. The summed E-state index contributed by atoms with van der Waals surface area (Å²) in [6, 6.07) is 18.9. The molecule has 4 rings (SSSR count). The van der Waals surface area contributed by atoms with Gasteiger partial charge >= 0.3 is 0 Å². The van der Waals surface area contributed by atoms with Crippen molar-refractivity contribution in [2.75, 3.05) is 21.0 Å². The van der Waals surface area contributed by atoms with Crippen LogP contribution in [0.1, 0.15) is 32.4 Å². The largest absolute Gasteiger partial charge is 0.496 e. The summed E-state index contributed by atoms with van der Waals surface area (Å²) in [6.45, 7) is 0.116. The van der Waals surface area contributed by atoms with Crippen molar-refractivity contribution in [2.45, 2.75) is 6.17 Å². The second kappa shape index (κ2) is 9.30. The fourth-order valence-corrected chi connectivity index (χ4v) is 3.38. The zero-order valence-corrected chi connectivity index (χ0v) is 17.6. The van der Waals surface area contributed by atoms with Crippen LogP contribution in [0.4, 0.5) is 0 Å². The lowest BCUT2D eigenvalue weighted by molar-refractivity contribution is 0.0880. The first-order valence-corrected chi connectivity index (χ1v) is 9.88. The molecule has 1 aliphatic heterocycles. The van der Waals surface area contributed by atoms with Gasteiger partial charge in [0.2, 0.25) is 6.79 Å². The number of hydrogen-bond acceptors (Lipinski definition) is 6. The molecule has 1 heterocycles. The maximum Gasteiger partial charge on any atom is 0.256 e. The third-order valence-corrected chi connectivity index (χ3v) is 4.98. The summed E-state index contributed by atoms with van der Waals surface area (Å²) >= 11 is 0. The van der Waals surface area contributed by atoms with E-state index >= 15 is 0 Å². The van der Waals surface area contributed by atoms with E-state index in [4.69, 9.17) is 18.9 Å². The van der Waals surface area contributed by atoms with Crippen LogP contribution >= 0.6 is 0 Å². The van der Waals surface area contributed by atoms with E-state index in [-0.39, 0.29) is 6.79 Å². The Morgan fingerprint density at radius 3 is 1.88 bits per heavy atom. The summed E-state index contributed by atoms with van der Waals surface area (Å²) < 4.78 is 21.4. The molecule has 3 aromatic rings. The Kier molecular flexibility index (Phi) is 6.12. The van der Waals surface area contributed by atoms with Gasteiger partial charge in [-0.15, -0.1) is 0 Å². The molecule has 0 aliphatic carbocycles. The maximum absolute atomic E-state index is 13.1. The number of amides is 2. The minimum atomic E-state index is -0.862. The van der Waals surface area contributed by atoms with Gasteiger partial charge in [-0.2, -0.15) is 0 Å².